The van der Waals surface area contributed by atoms with Gasteiger partial charge in [0.1, 0.15) is 11.8 Å². The van der Waals surface area contributed by atoms with Crippen LogP contribution in [0.2, 0.25) is 0 Å². The highest BCUT2D eigenvalue weighted by Crippen LogP contribution is 2.36. The number of nitrogens with two attached hydrogens (primary N) is 1. The lowest BCUT2D eigenvalue weighted by atomic mass is 10.1. The maximum absolute atomic E-state index is 12.4. The van der Waals surface area contributed by atoms with E-state index in [4.69, 9.17) is 5.73 Å². The molecule has 3 N–H and O–H groups in total. The smallest absolute Gasteiger partial charge is 0.300 e. The topological polar surface area (TPSA) is 119 Å². The molecule has 86 valence electrons. The first-order chi connectivity index (χ1) is 7.36. The molecule has 0 radical (unpaired) electrons. The molecular formula is C7H5F2N3O4. The first kappa shape index (κ1) is 11.8. The summed E-state index contributed by atoms with van der Waals surface area (Å²) < 4.78 is 24.9. The van der Waals surface area contributed by atoms with Gasteiger partial charge in [0.15, 0.2) is 11.4 Å². The second kappa shape index (κ2) is 4.04. The van der Waals surface area contributed by atoms with E-state index in [2.05, 4.69) is 4.98 Å². The van der Waals surface area contributed by atoms with Crippen molar-refractivity contribution in [1.29, 1.82) is 0 Å². The minimum Gasteiger partial charge on any atom is -0.505 e. The molecule has 0 atom stereocenters. The molecule has 0 spiro atoms. The van der Waals surface area contributed by atoms with Crippen LogP contribution in [0.5, 0.6) is 5.75 Å². The van der Waals surface area contributed by atoms with Crippen molar-refractivity contribution < 1.29 is 23.6 Å². The Labute approximate surface area is 86.7 Å². The van der Waals surface area contributed by atoms with Gasteiger partial charge in [0.25, 0.3) is 18.0 Å². The molecule has 0 aromatic carbocycles. The number of primary amides is 1. The molecular weight excluding hydrogens is 228 g/mol. The summed E-state index contributed by atoms with van der Waals surface area (Å²) in [6.07, 6.45) is -2.87. The van der Waals surface area contributed by atoms with Gasteiger partial charge in [-0.3, -0.25) is 14.9 Å². The molecule has 16 heavy (non-hydrogen) atoms. The van der Waals surface area contributed by atoms with E-state index >= 15 is 0 Å². The van der Waals surface area contributed by atoms with Crippen LogP contribution in [0.1, 0.15) is 22.5 Å². The Kier molecular flexibility index (Phi) is 2.97. The molecule has 0 aliphatic rings. The molecule has 1 amide bonds. The van der Waals surface area contributed by atoms with E-state index in [0.29, 0.717) is 6.20 Å². The number of alkyl halides is 2. The van der Waals surface area contributed by atoms with Crippen LogP contribution >= 0.6 is 0 Å². The summed E-state index contributed by atoms with van der Waals surface area (Å²) in [5, 5.41) is 19.6. The number of hydrogen-bond donors (Lipinski definition) is 2. The average molecular weight is 233 g/mol. The van der Waals surface area contributed by atoms with Crippen LogP contribution in [0.4, 0.5) is 14.5 Å². The van der Waals surface area contributed by atoms with Gasteiger partial charge >= 0.3 is 0 Å². The van der Waals surface area contributed by atoms with Gasteiger partial charge in [-0.25, -0.2) is 13.8 Å². The van der Waals surface area contributed by atoms with E-state index < -0.39 is 40.0 Å². The number of carbonyl (C=O) groups excluding carboxylic acids is 1. The molecule has 0 fully saturated rings. The molecule has 7 nitrogen and oxygen atoms in total. The monoisotopic (exact) mass is 233 g/mol. The lowest BCUT2D eigenvalue weighted by Crippen LogP contribution is -2.14. The molecule has 9 heteroatoms. The maximum atomic E-state index is 12.4. The second-order valence-corrected chi connectivity index (χ2v) is 2.68. The molecule has 0 bridgehead atoms. The van der Waals surface area contributed by atoms with Gasteiger partial charge in [0.05, 0.1) is 4.92 Å². The number of carbonyl (C=O) groups is 1. The molecule has 0 unspecified atom stereocenters. The Balaban J connectivity index is 3.54. The van der Waals surface area contributed by atoms with Gasteiger partial charge in [-0.15, -0.1) is 0 Å². The number of aromatic nitrogens is 1. The summed E-state index contributed by atoms with van der Waals surface area (Å²) in [7, 11) is 0. The van der Waals surface area contributed by atoms with Crippen LogP contribution in [0, 0.1) is 10.1 Å². The molecule has 1 heterocycles. The van der Waals surface area contributed by atoms with Crippen molar-refractivity contribution in [3.8, 4) is 5.75 Å². The lowest BCUT2D eigenvalue weighted by Gasteiger charge is -2.06. The fourth-order valence-electron chi connectivity index (χ4n) is 1.05. The minimum absolute atomic E-state index is 0.446. The van der Waals surface area contributed by atoms with Crippen LogP contribution in [-0.2, 0) is 0 Å². The summed E-state index contributed by atoms with van der Waals surface area (Å²) >= 11 is 0. The van der Waals surface area contributed by atoms with Gasteiger partial charge in [-0.2, -0.15) is 0 Å². The van der Waals surface area contributed by atoms with Crippen molar-refractivity contribution in [3.05, 3.63) is 27.6 Å². The Morgan fingerprint density at radius 3 is 2.56 bits per heavy atom. The Morgan fingerprint density at radius 1 is 1.62 bits per heavy atom. The van der Waals surface area contributed by atoms with Crippen LogP contribution in [0.25, 0.3) is 0 Å². The predicted molar refractivity (Wildman–Crippen MR) is 46.0 cm³/mol. The van der Waals surface area contributed by atoms with Crippen molar-refractivity contribution in [1.82, 2.24) is 4.98 Å². The zero-order valence-corrected chi connectivity index (χ0v) is 7.55. The third kappa shape index (κ3) is 1.87. The standard InChI is InChI=1S/C7H5F2N3O4/c8-6(9)3-2(12(15)16)1-11-4(5(3)13)7(10)14/h1,6,13H,(H2,10,14). The van der Waals surface area contributed by atoms with Gasteiger partial charge < -0.3 is 10.8 Å². The average Bonchev–Trinajstić information content (AvgIpc) is 2.15. The van der Waals surface area contributed by atoms with Crippen molar-refractivity contribution in [2.45, 2.75) is 6.43 Å². The Morgan fingerprint density at radius 2 is 2.19 bits per heavy atom. The molecule has 1 aromatic heterocycles. The van der Waals surface area contributed by atoms with Crippen LogP contribution < -0.4 is 5.73 Å². The van der Waals surface area contributed by atoms with Gasteiger partial charge in [-0.05, 0) is 0 Å². The maximum Gasteiger partial charge on any atom is 0.300 e. The Hall–Kier alpha value is -2.32. The number of nitrogens with zero attached hydrogens (tertiary/aromatic N) is 2. The summed E-state index contributed by atoms with van der Waals surface area (Å²) in [6, 6.07) is 0. The van der Waals surface area contributed by atoms with Gasteiger partial charge in [0, 0.05) is 0 Å². The number of rotatable bonds is 3. The Bertz CT molecular complexity index is 463. The van der Waals surface area contributed by atoms with E-state index in [0.717, 1.165) is 0 Å². The fraction of sp³-hybridized carbons (Fsp3) is 0.143. The number of halogens is 2. The van der Waals surface area contributed by atoms with Crippen LogP contribution in [-0.4, -0.2) is 20.9 Å². The highest BCUT2D eigenvalue weighted by Gasteiger charge is 2.30. The van der Waals surface area contributed by atoms with Crippen LogP contribution in [0.3, 0.4) is 0 Å². The summed E-state index contributed by atoms with van der Waals surface area (Å²) in [4.78, 5) is 23.0. The second-order valence-electron chi connectivity index (χ2n) is 2.68. The first-order valence-corrected chi connectivity index (χ1v) is 3.80. The van der Waals surface area contributed by atoms with E-state index in [1.165, 1.54) is 0 Å². The number of nitro groups is 1. The molecule has 0 aliphatic heterocycles. The molecule has 0 saturated heterocycles. The number of amides is 1. The summed E-state index contributed by atoms with van der Waals surface area (Å²) in [6.45, 7) is 0. The number of aromatic hydroxyl groups is 1. The highest BCUT2D eigenvalue weighted by atomic mass is 19.3. The van der Waals surface area contributed by atoms with Crippen molar-refractivity contribution in [2.75, 3.05) is 0 Å². The van der Waals surface area contributed by atoms with E-state index in [1.54, 1.807) is 0 Å². The minimum atomic E-state index is -3.32. The van der Waals surface area contributed by atoms with Gasteiger partial charge in [0.2, 0.25) is 0 Å². The SMILES string of the molecule is NC(=O)c1ncc([N+](=O)[O-])c(C(F)F)c1O. The number of hydrogen-bond acceptors (Lipinski definition) is 5. The predicted octanol–water partition coefficient (Wildman–Crippen LogP) is 0.732. The normalized spacial score (nSPS) is 10.4. The van der Waals surface area contributed by atoms with Crippen molar-refractivity contribution >= 4 is 11.6 Å². The molecule has 0 saturated carbocycles. The third-order valence-electron chi connectivity index (χ3n) is 1.72. The summed E-state index contributed by atoms with van der Waals surface area (Å²) in [5.41, 5.74) is 1.56. The zero-order chi connectivity index (χ0) is 12.5. The van der Waals surface area contributed by atoms with Gasteiger partial charge in [-0.1, -0.05) is 0 Å². The number of pyridine rings is 1. The van der Waals surface area contributed by atoms with E-state index in [1.807, 2.05) is 0 Å². The fourth-order valence-corrected chi connectivity index (χ4v) is 1.05. The quantitative estimate of drug-likeness (QED) is 0.589. The molecule has 0 aliphatic carbocycles. The lowest BCUT2D eigenvalue weighted by molar-refractivity contribution is -0.386. The zero-order valence-electron chi connectivity index (χ0n) is 7.55. The summed E-state index contributed by atoms with van der Waals surface area (Å²) in [5.74, 6) is -2.52. The van der Waals surface area contributed by atoms with Crippen LogP contribution in [0.15, 0.2) is 6.20 Å². The third-order valence-corrected chi connectivity index (χ3v) is 1.72. The highest BCUT2D eigenvalue weighted by molar-refractivity contribution is 5.94. The largest absolute Gasteiger partial charge is 0.505 e. The van der Waals surface area contributed by atoms with E-state index in [9.17, 15) is 28.8 Å². The van der Waals surface area contributed by atoms with Crippen molar-refractivity contribution in [2.24, 2.45) is 5.73 Å². The molecule has 1 rings (SSSR count). The van der Waals surface area contributed by atoms with Crippen molar-refractivity contribution in [3.63, 3.8) is 0 Å². The van der Waals surface area contributed by atoms with E-state index in [-0.39, 0.29) is 0 Å². The first-order valence-electron chi connectivity index (χ1n) is 3.80. The molecule has 1 aromatic rings.